The van der Waals surface area contributed by atoms with Crippen LogP contribution >= 0.6 is 24.0 Å². The lowest BCUT2D eigenvalue weighted by molar-refractivity contribution is -0.132. The third-order valence-corrected chi connectivity index (χ3v) is 3.47. The van der Waals surface area contributed by atoms with Gasteiger partial charge >= 0.3 is 6.18 Å². The SMILES string of the molecule is CN=C(NCCC(F)(F)F)NCC(c1ccc(C)cc1)N(C)C.I. The zero-order valence-electron chi connectivity index (χ0n) is 14.4. The van der Waals surface area contributed by atoms with Crippen LogP contribution in [0.15, 0.2) is 29.3 Å². The number of guanidine groups is 1. The Hall–Kier alpha value is -1.03. The minimum absolute atomic E-state index is 0. The predicted octanol–water partition coefficient (Wildman–Crippen LogP) is 3.33. The molecule has 4 nitrogen and oxygen atoms in total. The number of aliphatic imine (C=N–C) groups is 1. The molecule has 0 saturated heterocycles. The molecule has 1 rings (SSSR count). The summed E-state index contributed by atoms with van der Waals surface area (Å²) in [5.74, 6) is 0.369. The first kappa shape index (κ1) is 23.0. The maximum absolute atomic E-state index is 12.2. The molecule has 0 aliphatic rings. The molecule has 0 saturated carbocycles. The van der Waals surface area contributed by atoms with Crippen LogP contribution in [-0.4, -0.2) is 51.3 Å². The Labute approximate surface area is 158 Å². The van der Waals surface area contributed by atoms with E-state index in [0.717, 1.165) is 5.56 Å². The smallest absolute Gasteiger partial charge is 0.356 e. The number of hydrogen-bond donors (Lipinski definition) is 2. The highest BCUT2D eigenvalue weighted by Crippen LogP contribution is 2.19. The van der Waals surface area contributed by atoms with Crippen molar-refractivity contribution in [3.05, 3.63) is 35.4 Å². The van der Waals surface area contributed by atoms with Crippen molar-refractivity contribution in [1.29, 1.82) is 0 Å². The number of aryl methyl sites for hydroxylation is 1. The third kappa shape index (κ3) is 8.72. The molecular formula is C16H26F3IN4. The van der Waals surface area contributed by atoms with Crippen molar-refractivity contribution >= 4 is 29.9 Å². The number of nitrogens with one attached hydrogen (secondary N) is 2. The molecule has 0 radical (unpaired) electrons. The molecule has 0 spiro atoms. The summed E-state index contributed by atoms with van der Waals surface area (Å²) in [5.41, 5.74) is 2.32. The standard InChI is InChI=1S/C16H25F3N4.HI/c1-12-5-7-13(8-6-12)14(23(3)4)11-22-15(20-2)21-10-9-16(17,18)19;/h5-8,14H,9-11H2,1-4H3,(H2,20,21,22);1H. The summed E-state index contributed by atoms with van der Waals surface area (Å²) in [4.78, 5) is 6.01. The Balaban J connectivity index is 0.00000529. The fourth-order valence-corrected chi connectivity index (χ4v) is 2.12. The molecule has 24 heavy (non-hydrogen) atoms. The molecule has 1 unspecified atom stereocenters. The van der Waals surface area contributed by atoms with Crippen LogP contribution in [0.25, 0.3) is 0 Å². The molecule has 0 fully saturated rings. The Morgan fingerprint density at radius 1 is 1.17 bits per heavy atom. The molecule has 0 bridgehead atoms. The van der Waals surface area contributed by atoms with Crippen LogP contribution in [0.5, 0.6) is 0 Å². The predicted molar refractivity (Wildman–Crippen MR) is 103 cm³/mol. The van der Waals surface area contributed by atoms with Crippen LogP contribution in [0.1, 0.15) is 23.6 Å². The Morgan fingerprint density at radius 3 is 2.21 bits per heavy atom. The van der Waals surface area contributed by atoms with Crippen molar-refractivity contribution in [2.75, 3.05) is 34.2 Å². The van der Waals surface area contributed by atoms with Crippen LogP contribution in [0, 0.1) is 6.92 Å². The number of nitrogens with zero attached hydrogens (tertiary/aromatic N) is 2. The molecule has 0 aliphatic heterocycles. The number of benzene rings is 1. The van der Waals surface area contributed by atoms with E-state index in [1.165, 1.54) is 5.56 Å². The lowest BCUT2D eigenvalue weighted by Crippen LogP contribution is -2.42. The largest absolute Gasteiger partial charge is 0.390 e. The molecule has 0 amide bonds. The molecule has 1 atom stereocenters. The number of halogens is 4. The second-order valence-electron chi connectivity index (χ2n) is 5.64. The van der Waals surface area contributed by atoms with Gasteiger partial charge < -0.3 is 15.5 Å². The van der Waals surface area contributed by atoms with Gasteiger partial charge in [0, 0.05) is 20.1 Å². The van der Waals surface area contributed by atoms with Gasteiger partial charge in [0.25, 0.3) is 0 Å². The van der Waals surface area contributed by atoms with Gasteiger partial charge in [0.05, 0.1) is 12.5 Å². The quantitative estimate of drug-likeness (QED) is 0.391. The van der Waals surface area contributed by atoms with E-state index in [1.807, 2.05) is 33.2 Å². The van der Waals surface area contributed by atoms with Crippen molar-refractivity contribution in [1.82, 2.24) is 15.5 Å². The summed E-state index contributed by atoms with van der Waals surface area (Å²) in [7, 11) is 5.47. The van der Waals surface area contributed by atoms with Crippen molar-refractivity contribution < 1.29 is 13.2 Å². The van der Waals surface area contributed by atoms with Gasteiger partial charge in [-0.25, -0.2) is 0 Å². The second kappa shape index (κ2) is 10.8. The fraction of sp³-hybridized carbons (Fsp3) is 0.562. The van der Waals surface area contributed by atoms with Gasteiger partial charge in [0.15, 0.2) is 5.96 Å². The minimum atomic E-state index is -4.17. The van der Waals surface area contributed by atoms with Crippen LogP contribution in [0.4, 0.5) is 13.2 Å². The lowest BCUT2D eigenvalue weighted by atomic mass is 10.0. The van der Waals surface area contributed by atoms with E-state index >= 15 is 0 Å². The van der Waals surface area contributed by atoms with Gasteiger partial charge in [-0.1, -0.05) is 29.8 Å². The van der Waals surface area contributed by atoms with Crippen molar-refractivity contribution in [3.63, 3.8) is 0 Å². The van der Waals surface area contributed by atoms with Gasteiger partial charge in [-0.15, -0.1) is 24.0 Å². The number of hydrogen-bond acceptors (Lipinski definition) is 2. The van der Waals surface area contributed by atoms with E-state index < -0.39 is 12.6 Å². The highest BCUT2D eigenvalue weighted by atomic mass is 127. The van der Waals surface area contributed by atoms with Crippen molar-refractivity contribution in [2.24, 2.45) is 4.99 Å². The maximum atomic E-state index is 12.2. The summed E-state index contributed by atoms with van der Waals surface area (Å²) in [6.07, 6.45) is -5.05. The first-order valence-corrected chi connectivity index (χ1v) is 7.47. The monoisotopic (exact) mass is 458 g/mol. The van der Waals surface area contributed by atoms with Crippen molar-refractivity contribution in [3.8, 4) is 0 Å². The number of rotatable bonds is 6. The van der Waals surface area contributed by atoms with Gasteiger partial charge in [0.1, 0.15) is 0 Å². The molecule has 1 aromatic carbocycles. The molecule has 2 N–H and O–H groups in total. The maximum Gasteiger partial charge on any atom is 0.390 e. The van der Waals surface area contributed by atoms with E-state index in [1.54, 1.807) is 7.05 Å². The molecule has 0 heterocycles. The molecule has 1 aromatic rings. The first-order chi connectivity index (χ1) is 10.7. The lowest BCUT2D eigenvalue weighted by Gasteiger charge is -2.26. The minimum Gasteiger partial charge on any atom is -0.356 e. The van der Waals surface area contributed by atoms with Gasteiger partial charge in [0.2, 0.25) is 0 Å². The normalized spacial score (nSPS) is 13.4. The van der Waals surface area contributed by atoms with Gasteiger partial charge in [-0.2, -0.15) is 13.2 Å². The Morgan fingerprint density at radius 2 is 1.75 bits per heavy atom. The molecule has 8 heteroatoms. The third-order valence-electron chi connectivity index (χ3n) is 3.47. The van der Waals surface area contributed by atoms with Crippen LogP contribution in [-0.2, 0) is 0 Å². The van der Waals surface area contributed by atoms with Gasteiger partial charge in [-0.3, -0.25) is 4.99 Å². The Kier molecular flexibility index (Phi) is 10.3. The molecule has 138 valence electrons. The number of alkyl halides is 3. The molecule has 0 aromatic heterocycles. The highest BCUT2D eigenvalue weighted by Gasteiger charge is 2.26. The molecule has 0 aliphatic carbocycles. The average Bonchev–Trinajstić information content (AvgIpc) is 2.45. The summed E-state index contributed by atoms with van der Waals surface area (Å²) in [6, 6.07) is 8.30. The molecular weight excluding hydrogens is 432 g/mol. The van der Waals surface area contributed by atoms with E-state index in [4.69, 9.17) is 0 Å². The van der Waals surface area contributed by atoms with E-state index in [2.05, 4.69) is 32.7 Å². The summed E-state index contributed by atoms with van der Waals surface area (Å²) in [5, 5.41) is 5.76. The summed E-state index contributed by atoms with van der Waals surface area (Å²) in [6.45, 7) is 2.38. The summed E-state index contributed by atoms with van der Waals surface area (Å²) >= 11 is 0. The Bertz CT molecular complexity index is 501. The number of likely N-dealkylation sites (N-methyl/N-ethyl adjacent to an activating group) is 1. The fourth-order valence-electron chi connectivity index (χ4n) is 2.12. The average molecular weight is 458 g/mol. The first-order valence-electron chi connectivity index (χ1n) is 7.47. The highest BCUT2D eigenvalue weighted by molar-refractivity contribution is 14.0. The zero-order valence-corrected chi connectivity index (χ0v) is 16.8. The summed E-state index contributed by atoms with van der Waals surface area (Å²) < 4.78 is 36.5. The second-order valence-corrected chi connectivity index (χ2v) is 5.64. The van der Waals surface area contributed by atoms with Crippen LogP contribution in [0.3, 0.4) is 0 Å². The van der Waals surface area contributed by atoms with Crippen LogP contribution in [0.2, 0.25) is 0 Å². The van der Waals surface area contributed by atoms with E-state index in [0.29, 0.717) is 12.5 Å². The topological polar surface area (TPSA) is 39.7 Å². The zero-order chi connectivity index (χ0) is 17.5. The van der Waals surface area contributed by atoms with E-state index in [9.17, 15) is 13.2 Å². The van der Waals surface area contributed by atoms with E-state index in [-0.39, 0.29) is 36.6 Å². The van der Waals surface area contributed by atoms with Crippen LogP contribution < -0.4 is 10.6 Å². The van der Waals surface area contributed by atoms with Gasteiger partial charge in [-0.05, 0) is 26.6 Å². The van der Waals surface area contributed by atoms with Crippen molar-refractivity contribution in [2.45, 2.75) is 25.6 Å².